The van der Waals surface area contributed by atoms with Gasteiger partial charge in [-0.15, -0.1) is 5.10 Å². The normalized spacial score (nSPS) is 10.6. The third kappa shape index (κ3) is 5.24. The molecule has 0 amide bonds. The zero-order valence-electron chi connectivity index (χ0n) is 8.65. The van der Waals surface area contributed by atoms with Crippen molar-refractivity contribution < 1.29 is 0 Å². The van der Waals surface area contributed by atoms with Crippen LogP contribution in [-0.4, -0.2) is 40.1 Å². The molecule has 0 aliphatic rings. The lowest BCUT2D eigenvalue weighted by Crippen LogP contribution is -2.18. The fourth-order valence-electron chi connectivity index (χ4n) is 1.18. The number of rotatable bonds is 8. The smallest absolute Gasteiger partial charge is 0.0692 e. The Morgan fingerprint density at radius 2 is 2.21 bits per heavy atom. The minimum atomic E-state index is 0.954. The second-order valence-corrected chi connectivity index (χ2v) is 4.10. The van der Waals surface area contributed by atoms with Gasteiger partial charge in [0.25, 0.3) is 0 Å². The highest BCUT2D eigenvalue weighted by Crippen LogP contribution is 1.93. The summed E-state index contributed by atoms with van der Waals surface area (Å²) in [5.41, 5.74) is 0. The highest BCUT2D eigenvalue weighted by atomic mass is 32.2. The fourth-order valence-corrected chi connectivity index (χ4v) is 1.62. The highest BCUT2D eigenvalue weighted by molar-refractivity contribution is 7.98. The van der Waals surface area contributed by atoms with Crippen LogP contribution in [0, 0.1) is 0 Å². The van der Waals surface area contributed by atoms with Crippen LogP contribution in [0.1, 0.15) is 12.8 Å². The van der Waals surface area contributed by atoms with Gasteiger partial charge in [-0.25, -0.2) is 0 Å². The lowest BCUT2D eigenvalue weighted by atomic mass is 10.4. The van der Waals surface area contributed by atoms with Crippen molar-refractivity contribution in [3.05, 3.63) is 12.4 Å². The van der Waals surface area contributed by atoms with Crippen molar-refractivity contribution in [1.29, 1.82) is 0 Å². The van der Waals surface area contributed by atoms with Crippen LogP contribution >= 0.6 is 11.8 Å². The van der Waals surface area contributed by atoms with Crippen molar-refractivity contribution >= 4 is 11.8 Å². The highest BCUT2D eigenvalue weighted by Gasteiger charge is 1.91. The van der Waals surface area contributed by atoms with Crippen LogP contribution in [0.15, 0.2) is 12.4 Å². The van der Waals surface area contributed by atoms with Gasteiger partial charge in [0.15, 0.2) is 0 Å². The molecule has 1 aromatic rings. The Morgan fingerprint density at radius 1 is 1.36 bits per heavy atom. The molecule has 0 saturated heterocycles. The van der Waals surface area contributed by atoms with E-state index in [-0.39, 0.29) is 0 Å². The molecular formula is C9H18N4S. The Bertz CT molecular complexity index is 213. The van der Waals surface area contributed by atoms with Gasteiger partial charge in [-0.2, -0.15) is 11.8 Å². The van der Waals surface area contributed by atoms with E-state index in [0.29, 0.717) is 0 Å². The van der Waals surface area contributed by atoms with Crippen molar-refractivity contribution in [2.75, 3.05) is 25.1 Å². The maximum atomic E-state index is 3.90. The van der Waals surface area contributed by atoms with Gasteiger partial charge < -0.3 is 5.32 Å². The standard InChI is InChI=1S/C9H18N4S/c1-14-9-3-5-10-4-2-7-13-8-6-11-12-13/h6,8,10H,2-5,7,9H2,1H3. The summed E-state index contributed by atoms with van der Waals surface area (Å²) < 4.78 is 1.86. The van der Waals surface area contributed by atoms with Crippen molar-refractivity contribution in [3.63, 3.8) is 0 Å². The quantitative estimate of drug-likeness (QED) is 0.656. The van der Waals surface area contributed by atoms with Crippen LogP contribution in [0.25, 0.3) is 0 Å². The number of thioether (sulfide) groups is 1. The van der Waals surface area contributed by atoms with E-state index >= 15 is 0 Å². The third-order valence-corrected chi connectivity index (χ3v) is 2.61. The molecule has 0 unspecified atom stereocenters. The largest absolute Gasteiger partial charge is 0.317 e. The molecular weight excluding hydrogens is 196 g/mol. The Hall–Kier alpha value is -0.550. The molecule has 0 aliphatic heterocycles. The Balaban J connectivity index is 1.85. The van der Waals surface area contributed by atoms with Crippen LogP contribution in [-0.2, 0) is 6.54 Å². The Kier molecular flexibility index (Phi) is 6.43. The van der Waals surface area contributed by atoms with E-state index in [1.165, 1.54) is 12.2 Å². The zero-order valence-corrected chi connectivity index (χ0v) is 9.46. The molecule has 0 aromatic carbocycles. The van der Waals surface area contributed by atoms with Gasteiger partial charge in [0, 0.05) is 12.7 Å². The average molecular weight is 214 g/mol. The molecule has 0 atom stereocenters. The first-order valence-corrected chi connectivity index (χ1v) is 6.36. The number of nitrogens with one attached hydrogen (secondary N) is 1. The number of hydrogen-bond acceptors (Lipinski definition) is 4. The SMILES string of the molecule is CSCCCNCCCn1ccnn1. The molecule has 0 fully saturated rings. The Labute approximate surface area is 89.5 Å². The topological polar surface area (TPSA) is 42.7 Å². The first-order chi connectivity index (χ1) is 6.93. The number of aryl methyl sites for hydroxylation is 1. The van der Waals surface area contributed by atoms with E-state index in [1.54, 1.807) is 6.20 Å². The first kappa shape index (κ1) is 11.5. The molecule has 5 heteroatoms. The monoisotopic (exact) mass is 214 g/mol. The van der Waals surface area contributed by atoms with Gasteiger partial charge in [-0.1, -0.05) is 5.21 Å². The van der Waals surface area contributed by atoms with E-state index in [4.69, 9.17) is 0 Å². The molecule has 4 nitrogen and oxygen atoms in total. The van der Waals surface area contributed by atoms with Crippen LogP contribution in [0.3, 0.4) is 0 Å². The lowest BCUT2D eigenvalue weighted by molar-refractivity contribution is 0.530. The minimum absolute atomic E-state index is 0.954. The molecule has 0 spiro atoms. The van der Waals surface area contributed by atoms with Gasteiger partial charge in [-0.3, -0.25) is 4.68 Å². The molecule has 1 aromatic heterocycles. The third-order valence-electron chi connectivity index (χ3n) is 1.91. The summed E-state index contributed by atoms with van der Waals surface area (Å²) in [6.07, 6.45) is 8.12. The van der Waals surface area contributed by atoms with Gasteiger partial charge >= 0.3 is 0 Å². The van der Waals surface area contributed by atoms with Crippen molar-refractivity contribution in [1.82, 2.24) is 20.3 Å². The zero-order chi connectivity index (χ0) is 10.1. The lowest BCUT2D eigenvalue weighted by Gasteiger charge is -2.03. The maximum absolute atomic E-state index is 3.90. The second-order valence-electron chi connectivity index (χ2n) is 3.12. The average Bonchev–Trinajstić information content (AvgIpc) is 2.69. The second kappa shape index (κ2) is 7.82. The molecule has 0 saturated carbocycles. The van der Waals surface area contributed by atoms with Crippen molar-refractivity contribution in [2.24, 2.45) is 0 Å². The molecule has 1 N–H and O–H groups in total. The summed E-state index contributed by atoms with van der Waals surface area (Å²) in [6, 6.07) is 0. The van der Waals surface area contributed by atoms with E-state index in [2.05, 4.69) is 21.9 Å². The van der Waals surface area contributed by atoms with Crippen LogP contribution in [0.4, 0.5) is 0 Å². The summed E-state index contributed by atoms with van der Waals surface area (Å²) in [4.78, 5) is 0. The van der Waals surface area contributed by atoms with Gasteiger partial charge in [0.05, 0.1) is 6.20 Å². The van der Waals surface area contributed by atoms with E-state index in [0.717, 1.165) is 26.1 Å². The van der Waals surface area contributed by atoms with Crippen LogP contribution in [0.2, 0.25) is 0 Å². The number of aromatic nitrogens is 3. The molecule has 0 bridgehead atoms. The predicted octanol–water partition coefficient (Wildman–Crippen LogP) is 1.01. The minimum Gasteiger partial charge on any atom is -0.317 e. The van der Waals surface area contributed by atoms with Gasteiger partial charge in [-0.05, 0) is 37.9 Å². The van der Waals surface area contributed by atoms with E-state index in [1.807, 2.05) is 22.6 Å². The van der Waals surface area contributed by atoms with Gasteiger partial charge in [0.2, 0.25) is 0 Å². The predicted molar refractivity (Wildman–Crippen MR) is 60.5 cm³/mol. The van der Waals surface area contributed by atoms with Crippen LogP contribution < -0.4 is 5.32 Å². The van der Waals surface area contributed by atoms with E-state index < -0.39 is 0 Å². The number of hydrogen-bond donors (Lipinski definition) is 1. The molecule has 1 rings (SSSR count). The summed E-state index contributed by atoms with van der Waals surface area (Å²) in [6.45, 7) is 3.14. The maximum Gasteiger partial charge on any atom is 0.0692 e. The molecule has 0 radical (unpaired) electrons. The number of nitrogens with zero attached hydrogens (tertiary/aromatic N) is 3. The summed E-state index contributed by atoms with van der Waals surface area (Å²) >= 11 is 1.90. The first-order valence-electron chi connectivity index (χ1n) is 4.97. The summed E-state index contributed by atoms with van der Waals surface area (Å²) in [5, 5.41) is 11.1. The van der Waals surface area contributed by atoms with Crippen molar-refractivity contribution in [2.45, 2.75) is 19.4 Å². The van der Waals surface area contributed by atoms with Crippen molar-refractivity contribution in [3.8, 4) is 0 Å². The molecule has 1 heterocycles. The Morgan fingerprint density at radius 3 is 2.93 bits per heavy atom. The molecule has 14 heavy (non-hydrogen) atoms. The molecule has 80 valence electrons. The van der Waals surface area contributed by atoms with Crippen LogP contribution in [0.5, 0.6) is 0 Å². The molecule has 0 aliphatic carbocycles. The summed E-state index contributed by atoms with van der Waals surface area (Å²) in [5.74, 6) is 1.25. The van der Waals surface area contributed by atoms with E-state index in [9.17, 15) is 0 Å². The fraction of sp³-hybridized carbons (Fsp3) is 0.778. The summed E-state index contributed by atoms with van der Waals surface area (Å²) in [7, 11) is 0. The van der Waals surface area contributed by atoms with Gasteiger partial charge in [0.1, 0.15) is 0 Å².